The second-order valence-corrected chi connectivity index (χ2v) is 8.15. The van der Waals surface area contributed by atoms with Gasteiger partial charge in [0.2, 0.25) is 5.91 Å². The van der Waals surface area contributed by atoms with Crippen LogP contribution in [0, 0.1) is 5.92 Å². The van der Waals surface area contributed by atoms with Crippen molar-refractivity contribution in [3.63, 3.8) is 0 Å². The molecule has 0 spiro atoms. The number of para-hydroxylation sites is 1. The third-order valence-corrected chi connectivity index (χ3v) is 5.04. The lowest BCUT2D eigenvalue weighted by Gasteiger charge is -2.22. The lowest BCUT2D eigenvalue weighted by Crippen LogP contribution is -2.47. The van der Waals surface area contributed by atoms with Gasteiger partial charge in [0.1, 0.15) is 6.04 Å². The first kappa shape index (κ1) is 23.8. The number of carbonyl (C=O) groups excluding carboxylic acids is 3. The fourth-order valence-electron chi connectivity index (χ4n) is 3.03. The van der Waals surface area contributed by atoms with Crippen molar-refractivity contribution < 1.29 is 14.4 Å². The van der Waals surface area contributed by atoms with Crippen LogP contribution in [0.1, 0.15) is 24.2 Å². The first-order valence-electron chi connectivity index (χ1n) is 10.4. The van der Waals surface area contributed by atoms with Gasteiger partial charge in [-0.05, 0) is 66.6 Å². The van der Waals surface area contributed by atoms with Crippen LogP contribution < -0.4 is 21.3 Å². The number of hydrogen-bond donors (Lipinski definition) is 4. The predicted molar refractivity (Wildman–Crippen MR) is 132 cm³/mol. The van der Waals surface area contributed by atoms with E-state index in [4.69, 9.17) is 11.6 Å². The van der Waals surface area contributed by atoms with Crippen molar-refractivity contribution in [1.82, 2.24) is 5.32 Å². The molecule has 7 nitrogen and oxygen atoms in total. The molecule has 33 heavy (non-hydrogen) atoms. The van der Waals surface area contributed by atoms with Crippen LogP contribution in [0.3, 0.4) is 0 Å². The van der Waals surface area contributed by atoms with Crippen LogP contribution in [-0.2, 0) is 4.79 Å². The molecule has 0 aromatic heterocycles. The number of nitrogens with one attached hydrogen (secondary N) is 4. The highest BCUT2D eigenvalue weighted by Crippen LogP contribution is 2.16. The zero-order chi connectivity index (χ0) is 23.8. The van der Waals surface area contributed by atoms with Gasteiger partial charge in [0.15, 0.2) is 0 Å². The molecule has 1 atom stereocenters. The number of carbonyl (C=O) groups is 3. The van der Waals surface area contributed by atoms with Crippen molar-refractivity contribution in [2.45, 2.75) is 19.9 Å². The molecule has 0 aliphatic heterocycles. The first-order valence-corrected chi connectivity index (χ1v) is 10.8. The molecule has 0 aliphatic carbocycles. The van der Waals surface area contributed by atoms with Gasteiger partial charge in [-0.3, -0.25) is 9.59 Å². The van der Waals surface area contributed by atoms with Crippen molar-refractivity contribution in [1.29, 1.82) is 0 Å². The molecule has 1 unspecified atom stereocenters. The number of urea groups is 1. The van der Waals surface area contributed by atoms with Crippen LogP contribution in [-0.4, -0.2) is 23.9 Å². The van der Waals surface area contributed by atoms with Gasteiger partial charge in [0.25, 0.3) is 5.91 Å². The Morgan fingerprint density at radius 3 is 1.76 bits per heavy atom. The molecule has 8 heteroatoms. The summed E-state index contributed by atoms with van der Waals surface area (Å²) in [5.74, 6) is -0.830. The van der Waals surface area contributed by atoms with E-state index in [2.05, 4.69) is 21.3 Å². The fourth-order valence-corrected chi connectivity index (χ4v) is 3.16. The van der Waals surface area contributed by atoms with Crippen LogP contribution >= 0.6 is 11.6 Å². The Balaban J connectivity index is 1.57. The molecule has 3 aromatic rings. The predicted octanol–water partition coefficient (Wildman–Crippen LogP) is 5.38. The highest BCUT2D eigenvalue weighted by atomic mass is 35.5. The van der Waals surface area contributed by atoms with Gasteiger partial charge in [0, 0.05) is 27.6 Å². The highest BCUT2D eigenvalue weighted by Gasteiger charge is 2.24. The van der Waals surface area contributed by atoms with Crippen molar-refractivity contribution >= 4 is 46.5 Å². The normalized spacial score (nSPS) is 11.4. The van der Waals surface area contributed by atoms with Gasteiger partial charge in [-0.15, -0.1) is 0 Å². The van der Waals surface area contributed by atoms with Gasteiger partial charge < -0.3 is 21.3 Å². The van der Waals surface area contributed by atoms with Crippen molar-refractivity contribution in [3.05, 3.63) is 89.4 Å². The molecule has 170 valence electrons. The Kier molecular flexibility index (Phi) is 8.05. The van der Waals surface area contributed by atoms with E-state index in [-0.39, 0.29) is 23.8 Å². The molecule has 0 heterocycles. The minimum atomic E-state index is -0.734. The maximum absolute atomic E-state index is 12.8. The quantitative estimate of drug-likeness (QED) is 0.378. The molecule has 0 radical (unpaired) electrons. The molecule has 0 saturated heterocycles. The summed E-state index contributed by atoms with van der Waals surface area (Å²) in [5.41, 5.74) is 2.21. The molecule has 0 saturated carbocycles. The molecule has 4 amide bonds. The second kappa shape index (κ2) is 11.2. The summed E-state index contributed by atoms with van der Waals surface area (Å²) in [6.07, 6.45) is 0. The standard InChI is InChI=1S/C25H25ClN4O3/c1-16(2)22(30-23(31)17-8-10-18(26)11-9-17)24(32)27-20-12-14-21(15-13-20)29-25(33)28-19-6-4-3-5-7-19/h3-16,22H,1-2H3,(H,27,32)(H,30,31)(H2,28,29,33). The minimum absolute atomic E-state index is 0.135. The van der Waals surface area contributed by atoms with Crippen LogP contribution in [0.4, 0.5) is 21.9 Å². The van der Waals surface area contributed by atoms with Gasteiger partial charge >= 0.3 is 6.03 Å². The third-order valence-electron chi connectivity index (χ3n) is 4.78. The maximum atomic E-state index is 12.8. The smallest absolute Gasteiger partial charge is 0.323 e. The van der Waals surface area contributed by atoms with E-state index in [0.29, 0.717) is 27.6 Å². The summed E-state index contributed by atoms with van der Waals surface area (Å²) < 4.78 is 0. The van der Waals surface area contributed by atoms with Gasteiger partial charge in [-0.25, -0.2) is 4.79 Å². The lowest BCUT2D eigenvalue weighted by molar-refractivity contribution is -0.118. The summed E-state index contributed by atoms with van der Waals surface area (Å²) in [6.45, 7) is 3.70. The maximum Gasteiger partial charge on any atom is 0.323 e. The minimum Gasteiger partial charge on any atom is -0.340 e. The first-order chi connectivity index (χ1) is 15.8. The number of rotatable bonds is 7. The lowest BCUT2D eigenvalue weighted by atomic mass is 10.0. The summed E-state index contributed by atoms with van der Waals surface area (Å²) in [6, 6.07) is 21.1. The van der Waals surface area contributed by atoms with E-state index in [9.17, 15) is 14.4 Å². The van der Waals surface area contributed by atoms with Crippen LogP contribution in [0.25, 0.3) is 0 Å². The summed E-state index contributed by atoms with van der Waals surface area (Å²) in [7, 11) is 0. The largest absolute Gasteiger partial charge is 0.340 e. The zero-order valence-electron chi connectivity index (χ0n) is 18.3. The van der Waals surface area contributed by atoms with Crippen molar-refractivity contribution in [3.8, 4) is 0 Å². The Hall–Kier alpha value is -3.84. The summed E-state index contributed by atoms with van der Waals surface area (Å²) in [5, 5.41) is 11.6. The van der Waals surface area contributed by atoms with E-state index < -0.39 is 6.04 Å². The van der Waals surface area contributed by atoms with E-state index in [1.165, 1.54) is 0 Å². The second-order valence-electron chi connectivity index (χ2n) is 7.71. The molecular formula is C25H25ClN4O3. The fraction of sp³-hybridized carbons (Fsp3) is 0.160. The Bertz CT molecular complexity index is 1100. The average molecular weight is 465 g/mol. The topological polar surface area (TPSA) is 99.3 Å². The Labute approximate surface area is 197 Å². The van der Waals surface area contributed by atoms with Gasteiger partial charge in [-0.1, -0.05) is 43.6 Å². The SMILES string of the molecule is CC(C)C(NC(=O)c1ccc(Cl)cc1)C(=O)Nc1ccc(NC(=O)Nc2ccccc2)cc1. The van der Waals surface area contributed by atoms with Gasteiger partial charge in [0.05, 0.1) is 0 Å². The molecule has 4 N–H and O–H groups in total. The van der Waals surface area contributed by atoms with E-state index in [1.807, 2.05) is 32.0 Å². The summed E-state index contributed by atoms with van der Waals surface area (Å²) >= 11 is 5.87. The molecule has 3 aromatic carbocycles. The van der Waals surface area contributed by atoms with Crippen molar-refractivity contribution in [2.24, 2.45) is 5.92 Å². The Morgan fingerprint density at radius 2 is 1.21 bits per heavy atom. The summed E-state index contributed by atoms with van der Waals surface area (Å²) in [4.78, 5) is 37.4. The van der Waals surface area contributed by atoms with Crippen LogP contribution in [0.15, 0.2) is 78.9 Å². The van der Waals surface area contributed by atoms with Crippen LogP contribution in [0.5, 0.6) is 0 Å². The molecule has 3 rings (SSSR count). The zero-order valence-corrected chi connectivity index (χ0v) is 19.0. The van der Waals surface area contributed by atoms with E-state index >= 15 is 0 Å². The van der Waals surface area contributed by atoms with E-state index in [1.54, 1.807) is 60.7 Å². The van der Waals surface area contributed by atoms with Crippen molar-refractivity contribution in [2.75, 3.05) is 16.0 Å². The average Bonchev–Trinajstić information content (AvgIpc) is 2.79. The van der Waals surface area contributed by atoms with E-state index in [0.717, 1.165) is 0 Å². The third kappa shape index (κ3) is 7.08. The number of benzene rings is 3. The molecule has 0 bridgehead atoms. The number of hydrogen-bond acceptors (Lipinski definition) is 3. The van der Waals surface area contributed by atoms with Crippen LogP contribution in [0.2, 0.25) is 5.02 Å². The molecular weight excluding hydrogens is 440 g/mol. The molecule has 0 fully saturated rings. The number of amides is 4. The molecule has 0 aliphatic rings. The van der Waals surface area contributed by atoms with Gasteiger partial charge in [-0.2, -0.15) is 0 Å². The number of halogens is 1. The Morgan fingerprint density at radius 1 is 0.697 bits per heavy atom. The highest BCUT2D eigenvalue weighted by molar-refractivity contribution is 6.30. The monoisotopic (exact) mass is 464 g/mol. The number of anilines is 3.